The van der Waals surface area contributed by atoms with Gasteiger partial charge in [-0.3, -0.25) is 24.2 Å². The molecule has 2 saturated heterocycles. The van der Waals surface area contributed by atoms with Crippen LogP contribution < -0.4 is 16.0 Å². The van der Waals surface area contributed by atoms with Gasteiger partial charge in [0.25, 0.3) is 0 Å². The Bertz CT molecular complexity index is 1640. The highest BCUT2D eigenvalue weighted by molar-refractivity contribution is 6.31. The Hall–Kier alpha value is -3.46. The molecule has 3 heterocycles. The van der Waals surface area contributed by atoms with Gasteiger partial charge in [-0.25, -0.2) is 4.39 Å². The topological polar surface area (TPSA) is 95.7 Å². The van der Waals surface area contributed by atoms with Gasteiger partial charge in [0, 0.05) is 33.9 Å². The van der Waals surface area contributed by atoms with Crippen LogP contribution in [0.5, 0.6) is 0 Å². The van der Waals surface area contributed by atoms with Crippen molar-refractivity contribution in [3.05, 3.63) is 93.2 Å². The number of nitrogens with two attached hydrogens (primary N) is 1. The van der Waals surface area contributed by atoms with Crippen LogP contribution in [0.25, 0.3) is 0 Å². The highest BCUT2D eigenvalue weighted by Crippen LogP contribution is 2.62. The number of carbonyl (C=O) groups excluding carboxylic acids is 3. The van der Waals surface area contributed by atoms with Crippen molar-refractivity contribution in [2.45, 2.75) is 63.7 Å². The van der Waals surface area contributed by atoms with E-state index in [-0.39, 0.29) is 22.3 Å². The summed E-state index contributed by atoms with van der Waals surface area (Å²) in [5.41, 5.74) is 6.91. The molecule has 0 aliphatic carbocycles. The lowest BCUT2D eigenvalue weighted by atomic mass is 9.62. The maximum absolute atomic E-state index is 14.6. The molecule has 5 atom stereocenters. The number of amides is 3. The number of nitrogens with one attached hydrogen (secondary N) is 1. The normalized spacial score (nSPS) is 27.0. The smallest absolute Gasteiger partial charge is 0.248 e. The van der Waals surface area contributed by atoms with Gasteiger partial charge in [0.05, 0.1) is 17.2 Å². The Balaban J connectivity index is 1.60. The first kappa shape index (κ1) is 28.6. The zero-order valence-corrected chi connectivity index (χ0v) is 25.1. The zero-order valence-electron chi connectivity index (χ0n) is 23.6. The van der Waals surface area contributed by atoms with E-state index in [0.29, 0.717) is 33.9 Å². The van der Waals surface area contributed by atoms with Crippen molar-refractivity contribution in [1.29, 1.82) is 0 Å². The summed E-state index contributed by atoms with van der Waals surface area (Å²) in [6.07, 6.45) is 0.132. The first-order chi connectivity index (χ1) is 19.8. The van der Waals surface area contributed by atoms with Crippen molar-refractivity contribution in [3.63, 3.8) is 0 Å². The highest BCUT2D eigenvalue weighted by atomic mass is 35.5. The van der Waals surface area contributed by atoms with Gasteiger partial charge in [0.15, 0.2) is 0 Å². The predicted octanol–water partition coefficient (Wildman–Crippen LogP) is 6.09. The summed E-state index contributed by atoms with van der Waals surface area (Å²) in [4.78, 5) is 44.6. The number of rotatable bonds is 4. The molecule has 2 fully saturated rings. The third-order valence-corrected chi connectivity index (χ3v) is 9.42. The fraction of sp³-hybridized carbons (Fsp3) is 0.344. The summed E-state index contributed by atoms with van der Waals surface area (Å²) in [6, 6.07) is 15.2. The average molecular weight is 610 g/mol. The zero-order chi connectivity index (χ0) is 30.3. The van der Waals surface area contributed by atoms with E-state index in [1.165, 1.54) is 12.1 Å². The molecular weight excluding hydrogens is 578 g/mol. The molecule has 3 aliphatic rings. The van der Waals surface area contributed by atoms with Gasteiger partial charge in [-0.05, 0) is 78.4 Å². The van der Waals surface area contributed by atoms with Gasteiger partial charge in [0.1, 0.15) is 11.2 Å². The third-order valence-electron chi connectivity index (χ3n) is 8.90. The molecule has 1 spiro atoms. The molecule has 0 saturated carbocycles. The summed E-state index contributed by atoms with van der Waals surface area (Å²) in [5, 5.41) is 3.46. The van der Waals surface area contributed by atoms with Crippen molar-refractivity contribution < 1.29 is 18.8 Å². The first-order valence-corrected chi connectivity index (χ1v) is 14.6. The minimum absolute atomic E-state index is 0.0828. The van der Waals surface area contributed by atoms with Crippen molar-refractivity contribution in [3.8, 4) is 0 Å². The van der Waals surface area contributed by atoms with E-state index in [1.807, 2.05) is 13.0 Å². The minimum Gasteiger partial charge on any atom is -0.366 e. The van der Waals surface area contributed by atoms with Crippen LogP contribution in [0.4, 0.5) is 15.8 Å². The van der Waals surface area contributed by atoms with E-state index in [1.54, 1.807) is 47.4 Å². The first-order valence-electron chi connectivity index (χ1n) is 13.8. The number of halogens is 3. The standard InChI is InChI=1S/C32H31Cl2FN4O3/c1-16-38(20-9-5-17(6-10-20)28(36)40)29(41)27-26(18-7-12-23(35)22(34)13-18)32(25(39(16)27)15-31(2,3)4)21-11-8-19(33)14-24(21)37-30(32)42/h5-14,16,25-27H,15H2,1-4H3,(H2,36,40)(H,37,42)/t16-,25+,26+,27-,32+/m1/s1. The molecule has 0 bridgehead atoms. The van der Waals surface area contributed by atoms with Crippen LogP contribution in [0.15, 0.2) is 60.7 Å². The SMILES string of the molecule is C[C@@H]1N(c2ccc(C(N)=O)cc2)C(=O)[C@H]2[C@H](c3ccc(F)c(Cl)c3)[C@@]3(C(=O)Nc4cc(Cl)ccc43)[C@H](CC(C)(C)C)N12. The third kappa shape index (κ3) is 4.14. The Morgan fingerprint density at radius 1 is 1.05 bits per heavy atom. The van der Waals surface area contributed by atoms with Crippen LogP contribution in [0.1, 0.15) is 61.5 Å². The summed E-state index contributed by atoms with van der Waals surface area (Å²) in [5.74, 6) is -2.28. The largest absolute Gasteiger partial charge is 0.366 e. The summed E-state index contributed by atoms with van der Waals surface area (Å²) < 4.78 is 14.4. The number of hydrogen-bond donors (Lipinski definition) is 2. The van der Waals surface area contributed by atoms with Crippen LogP contribution in [-0.2, 0) is 15.0 Å². The van der Waals surface area contributed by atoms with Crippen LogP contribution in [0, 0.1) is 11.2 Å². The lowest BCUT2D eigenvalue weighted by molar-refractivity contribution is -0.122. The van der Waals surface area contributed by atoms with E-state index in [2.05, 4.69) is 31.0 Å². The van der Waals surface area contributed by atoms with E-state index < -0.39 is 41.3 Å². The molecule has 0 aromatic heterocycles. The molecule has 7 nitrogen and oxygen atoms in total. The second-order valence-corrected chi connectivity index (χ2v) is 13.4. The molecule has 218 valence electrons. The molecule has 3 N–H and O–H groups in total. The second kappa shape index (κ2) is 9.79. The molecule has 3 aromatic carbocycles. The van der Waals surface area contributed by atoms with Gasteiger partial charge in [-0.2, -0.15) is 0 Å². The molecule has 3 amide bonds. The van der Waals surface area contributed by atoms with Crippen molar-refractivity contribution in [1.82, 2.24) is 4.90 Å². The predicted molar refractivity (Wildman–Crippen MR) is 161 cm³/mol. The Labute approximate surface area is 253 Å². The lowest BCUT2D eigenvalue weighted by Gasteiger charge is -2.42. The van der Waals surface area contributed by atoms with Crippen molar-refractivity contribution in [2.75, 3.05) is 10.2 Å². The molecule has 3 aliphatic heterocycles. The fourth-order valence-corrected chi connectivity index (χ4v) is 7.74. The van der Waals surface area contributed by atoms with Gasteiger partial charge in [0.2, 0.25) is 17.7 Å². The number of nitrogens with zero attached hydrogens (tertiary/aromatic N) is 2. The van der Waals surface area contributed by atoms with Crippen LogP contribution in [0.2, 0.25) is 10.0 Å². The summed E-state index contributed by atoms with van der Waals surface area (Å²) >= 11 is 12.7. The maximum Gasteiger partial charge on any atom is 0.248 e. The molecule has 3 aromatic rings. The van der Waals surface area contributed by atoms with Gasteiger partial charge < -0.3 is 11.1 Å². The van der Waals surface area contributed by atoms with E-state index in [9.17, 15) is 18.8 Å². The summed E-state index contributed by atoms with van der Waals surface area (Å²) in [6.45, 7) is 8.27. The Morgan fingerprint density at radius 3 is 2.36 bits per heavy atom. The van der Waals surface area contributed by atoms with E-state index in [0.717, 1.165) is 5.56 Å². The van der Waals surface area contributed by atoms with Crippen molar-refractivity contribution >= 4 is 52.3 Å². The molecule has 42 heavy (non-hydrogen) atoms. The van der Waals surface area contributed by atoms with Crippen LogP contribution >= 0.6 is 23.2 Å². The number of anilines is 2. The van der Waals surface area contributed by atoms with Crippen LogP contribution in [-0.4, -0.2) is 40.9 Å². The summed E-state index contributed by atoms with van der Waals surface area (Å²) in [7, 11) is 0. The van der Waals surface area contributed by atoms with Crippen molar-refractivity contribution in [2.24, 2.45) is 11.1 Å². The van der Waals surface area contributed by atoms with Crippen LogP contribution in [0.3, 0.4) is 0 Å². The van der Waals surface area contributed by atoms with Gasteiger partial charge in [-0.15, -0.1) is 0 Å². The number of hydrogen-bond acceptors (Lipinski definition) is 4. The number of primary amides is 1. The Morgan fingerprint density at radius 2 is 1.74 bits per heavy atom. The molecule has 0 unspecified atom stereocenters. The van der Waals surface area contributed by atoms with Gasteiger partial charge >= 0.3 is 0 Å². The quantitative estimate of drug-likeness (QED) is 0.375. The highest BCUT2D eigenvalue weighted by Gasteiger charge is 2.72. The second-order valence-electron chi connectivity index (χ2n) is 12.6. The van der Waals surface area contributed by atoms with E-state index >= 15 is 0 Å². The Kier molecular flexibility index (Phi) is 6.68. The maximum atomic E-state index is 14.6. The van der Waals surface area contributed by atoms with E-state index in [4.69, 9.17) is 28.9 Å². The molecule has 0 radical (unpaired) electrons. The number of carbonyl (C=O) groups is 3. The monoisotopic (exact) mass is 608 g/mol. The minimum atomic E-state index is -1.19. The average Bonchev–Trinajstić information content (AvgIpc) is 3.46. The number of fused-ring (bicyclic) bond motifs is 3. The number of benzene rings is 3. The molecule has 6 rings (SSSR count). The fourth-order valence-electron chi connectivity index (χ4n) is 7.38. The van der Waals surface area contributed by atoms with Gasteiger partial charge in [-0.1, -0.05) is 56.1 Å². The molecule has 10 heteroatoms. The molecular formula is C32H31Cl2FN4O3. The lowest BCUT2D eigenvalue weighted by Crippen LogP contribution is -2.54.